The first-order valence-corrected chi connectivity index (χ1v) is 8.11. The predicted octanol–water partition coefficient (Wildman–Crippen LogP) is 5.27. The molecule has 3 rings (SSSR count). The average molecular weight is 373 g/mol. The van der Waals surface area contributed by atoms with Crippen LogP contribution >= 0.6 is 22.9 Å². The van der Waals surface area contributed by atoms with Crippen molar-refractivity contribution in [1.29, 1.82) is 0 Å². The molecule has 0 unspecified atom stereocenters. The summed E-state index contributed by atoms with van der Waals surface area (Å²) >= 11 is 6.83. The van der Waals surface area contributed by atoms with Gasteiger partial charge in [-0.1, -0.05) is 35.1 Å². The maximum atomic E-state index is 13.0. The van der Waals surface area contributed by atoms with Crippen LogP contribution in [0.4, 0.5) is 18.3 Å². The average Bonchev–Trinajstić information content (AvgIpc) is 2.88. The second-order valence-corrected chi connectivity index (χ2v) is 6.65. The second-order valence-electron chi connectivity index (χ2n) is 5.15. The monoisotopic (exact) mass is 372 g/mol. The van der Waals surface area contributed by atoms with Gasteiger partial charge < -0.3 is 10.5 Å². The van der Waals surface area contributed by atoms with Crippen LogP contribution in [0, 0.1) is 0 Å². The molecular formula is C16H12ClF3N2OS. The number of nitrogens with zero attached hydrogens (tertiary/aromatic N) is 1. The van der Waals surface area contributed by atoms with E-state index in [2.05, 4.69) is 4.98 Å². The molecule has 0 bridgehead atoms. The Balaban J connectivity index is 1.83. The number of nitrogens with two attached hydrogens (primary N) is 1. The zero-order chi connectivity index (χ0) is 17.3. The molecular weight excluding hydrogens is 361 g/mol. The number of aromatic nitrogens is 1. The van der Waals surface area contributed by atoms with Gasteiger partial charge in [-0.3, -0.25) is 0 Å². The van der Waals surface area contributed by atoms with Gasteiger partial charge in [-0.15, -0.1) is 0 Å². The van der Waals surface area contributed by atoms with E-state index < -0.39 is 11.7 Å². The second kappa shape index (κ2) is 6.58. The molecule has 2 N–H and O–H groups in total. The topological polar surface area (TPSA) is 48.1 Å². The van der Waals surface area contributed by atoms with Crippen molar-refractivity contribution in [3.05, 3.63) is 58.1 Å². The lowest BCUT2D eigenvalue weighted by Crippen LogP contribution is -2.06. The van der Waals surface area contributed by atoms with Crippen LogP contribution in [0.5, 0.6) is 0 Å². The van der Waals surface area contributed by atoms with Gasteiger partial charge in [0.2, 0.25) is 0 Å². The van der Waals surface area contributed by atoms with Crippen LogP contribution in [0.2, 0.25) is 5.02 Å². The van der Waals surface area contributed by atoms with Crippen molar-refractivity contribution in [3.8, 4) is 0 Å². The Labute approximate surface area is 144 Å². The van der Waals surface area contributed by atoms with Crippen LogP contribution in [0.3, 0.4) is 0 Å². The largest absolute Gasteiger partial charge is 0.416 e. The highest BCUT2D eigenvalue weighted by molar-refractivity contribution is 7.22. The van der Waals surface area contributed by atoms with E-state index in [1.54, 1.807) is 24.3 Å². The number of halogens is 4. The van der Waals surface area contributed by atoms with Crippen molar-refractivity contribution in [2.45, 2.75) is 19.4 Å². The summed E-state index contributed by atoms with van der Waals surface area (Å²) in [4.78, 5) is 4.11. The number of fused-ring (bicyclic) bond motifs is 1. The Morgan fingerprint density at radius 2 is 1.83 bits per heavy atom. The van der Waals surface area contributed by atoms with Crippen LogP contribution in [0.1, 0.15) is 16.7 Å². The van der Waals surface area contributed by atoms with Crippen LogP contribution in [-0.2, 0) is 24.1 Å². The minimum Gasteiger partial charge on any atom is -0.375 e. The number of anilines is 1. The molecule has 0 atom stereocenters. The summed E-state index contributed by atoms with van der Waals surface area (Å²) in [6, 6.07) is 9.17. The fourth-order valence-corrected chi connectivity index (χ4v) is 3.20. The van der Waals surface area contributed by atoms with E-state index >= 15 is 0 Å². The molecule has 0 aliphatic rings. The summed E-state index contributed by atoms with van der Waals surface area (Å²) in [6.07, 6.45) is -4.43. The Kier molecular flexibility index (Phi) is 4.67. The summed E-state index contributed by atoms with van der Waals surface area (Å²) in [7, 11) is 0. The maximum Gasteiger partial charge on any atom is 0.416 e. The third kappa shape index (κ3) is 3.80. The molecule has 126 valence electrons. The lowest BCUT2D eigenvalue weighted by molar-refractivity contribution is -0.137. The molecule has 1 aromatic heterocycles. The van der Waals surface area contributed by atoms with Crippen molar-refractivity contribution >= 4 is 38.3 Å². The molecule has 2 aromatic carbocycles. The van der Waals surface area contributed by atoms with E-state index in [0.717, 1.165) is 29.0 Å². The van der Waals surface area contributed by atoms with Gasteiger partial charge in [-0.25, -0.2) is 4.98 Å². The summed E-state index contributed by atoms with van der Waals surface area (Å²) < 4.78 is 45.0. The number of rotatable bonds is 4. The van der Waals surface area contributed by atoms with Crippen LogP contribution in [-0.4, -0.2) is 4.98 Å². The molecule has 0 radical (unpaired) electrons. The van der Waals surface area contributed by atoms with Gasteiger partial charge in [-0.05, 0) is 29.8 Å². The number of hydrogen-bond acceptors (Lipinski definition) is 4. The number of thiazole rings is 1. The van der Waals surface area contributed by atoms with Crippen molar-refractivity contribution < 1.29 is 17.9 Å². The zero-order valence-electron chi connectivity index (χ0n) is 12.2. The molecule has 0 amide bonds. The van der Waals surface area contributed by atoms with Crippen molar-refractivity contribution in [2.24, 2.45) is 0 Å². The molecule has 3 aromatic rings. The molecule has 3 nitrogen and oxygen atoms in total. The highest BCUT2D eigenvalue weighted by Gasteiger charge is 2.31. The lowest BCUT2D eigenvalue weighted by atomic mass is 10.1. The SMILES string of the molecule is Nc1nc2c(COCc3ccc(Cl)cc3)cc(C(F)(F)F)cc2s1. The van der Waals surface area contributed by atoms with Crippen LogP contribution < -0.4 is 5.73 Å². The van der Waals surface area contributed by atoms with Gasteiger partial charge in [0.25, 0.3) is 0 Å². The third-order valence-corrected chi connectivity index (χ3v) is 4.44. The molecule has 1 heterocycles. The first-order chi connectivity index (χ1) is 11.3. The van der Waals surface area contributed by atoms with Crippen molar-refractivity contribution in [2.75, 3.05) is 5.73 Å². The van der Waals surface area contributed by atoms with E-state index in [4.69, 9.17) is 22.1 Å². The van der Waals surface area contributed by atoms with Crippen LogP contribution in [0.25, 0.3) is 10.2 Å². The Bertz CT molecular complexity index is 862. The van der Waals surface area contributed by atoms with E-state index in [1.807, 2.05) is 0 Å². The van der Waals surface area contributed by atoms with E-state index in [9.17, 15) is 13.2 Å². The van der Waals surface area contributed by atoms with Gasteiger partial charge in [0, 0.05) is 10.6 Å². The van der Waals surface area contributed by atoms with Crippen molar-refractivity contribution in [3.63, 3.8) is 0 Å². The maximum absolute atomic E-state index is 13.0. The number of ether oxygens (including phenoxy) is 1. The predicted molar refractivity (Wildman–Crippen MR) is 89.0 cm³/mol. The van der Waals surface area contributed by atoms with Gasteiger partial charge in [0.1, 0.15) is 0 Å². The fourth-order valence-electron chi connectivity index (χ4n) is 2.25. The molecule has 0 spiro atoms. The first-order valence-electron chi connectivity index (χ1n) is 6.91. The Hall–Kier alpha value is -1.83. The highest BCUT2D eigenvalue weighted by atomic mass is 35.5. The van der Waals surface area contributed by atoms with Crippen molar-refractivity contribution in [1.82, 2.24) is 4.98 Å². The number of nitrogen functional groups attached to an aromatic ring is 1. The smallest absolute Gasteiger partial charge is 0.375 e. The number of benzene rings is 2. The molecule has 0 fully saturated rings. The number of alkyl halides is 3. The fraction of sp³-hybridized carbons (Fsp3) is 0.188. The summed E-state index contributed by atoms with van der Waals surface area (Å²) in [6.45, 7) is 0.265. The van der Waals surface area contributed by atoms with Gasteiger partial charge in [0.05, 0.1) is 29.0 Å². The normalized spacial score (nSPS) is 12.0. The summed E-state index contributed by atoms with van der Waals surface area (Å²) in [5.41, 5.74) is 6.58. The van der Waals surface area contributed by atoms with Gasteiger partial charge >= 0.3 is 6.18 Å². The first kappa shape index (κ1) is 17.0. The molecule has 0 aliphatic heterocycles. The number of hydrogen-bond donors (Lipinski definition) is 1. The lowest BCUT2D eigenvalue weighted by Gasteiger charge is -2.10. The molecule has 0 saturated heterocycles. The van der Waals surface area contributed by atoms with Gasteiger partial charge in [0.15, 0.2) is 5.13 Å². The minimum absolute atomic E-state index is 0.00617. The summed E-state index contributed by atoms with van der Waals surface area (Å²) in [5, 5.41) is 0.833. The summed E-state index contributed by atoms with van der Waals surface area (Å²) in [5.74, 6) is 0. The quantitative estimate of drug-likeness (QED) is 0.678. The molecule has 8 heteroatoms. The van der Waals surface area contributed by atoms with Gasteiger partial charge in [-0.2, -0.15) is 13.2 Å². The van der Waals surface area contributed by atoms with E-state index in [0.29, 0.717) is 20.8 Å². The molecule has 0 saturated carbocycles. The Morgan fingerprint density at radius 3 is 2.50 bits per heavy atom. The standard InChI is InChI=1S/C16H12ClF3N2OS/c17-12-3-1-9(2-4-12)7-23-8-10-5-11(16(18,19)20)6-13-14(10)22-15(21)24-13/h1-6H,7-8H2,(H2,21,22). The Morgan fingerprint density at radius 1 is 1.12 bits per heavy atom. The third-order valence-electron chi connectivity index (χ3n) is 3.36. The highest BCUT2D eigenvalue weighted by Crippen LogP contribution is 2.36. The zero-order valence-corrected chi connectivity index (χ0v) is 13.8. The van der Waals surface area contributed by atoms with E-state index in [-0.39, 0.29) is 18.3 Å². The minimum atomic E-state index is -4.43. The van der Waals surface area contributed by atoms with E-state index in [1.165, 1.54) is 0 Å². The van der Waals surface area contributed by atoms with Crippen LogP contribution in [0.15, 0.2) is 36.4 Å². The molecule has 24 heavy (non-hydrogen) atoms. The molecule has 0 aliphatic carbocycles.